The molecule has 0 radical (unpaired) electrons. The van der Waals surface area contributed by atoms with Crippen LogP contribution in [0.3, 0.4) is 0 Å². The van der Waals surface area contributed by atoms with Crippen molar-refractivity contribution in [1.82, 2.24) is 9.21 Å². The molecule has 33 heavy (non-hydrogen) atoms. The van der Waals surface area contributed by atoms with E-state index in [2.05, 4.69) is 0 Å². The first kappa shape index (κ1) is 26.3. The molecule has 1 amide bonds. The van der Waals surface area contributed by atoms with Crippen molar-refractivity contribution in [2.45, 2.75) is 39.1 Å². The molecule has 0 aliphatic carbocycles. The van der Waals surface area contributed by atoms with E-state index < -0.39 is 22.6 Å². The highest BCUT2D eigenvalue weighted by Crippen LogP contribution is 2.20. The number of nitrogens with zero attached hydrogens (tertiary/aromatic N) is 2. The summed E-state index contributed by atoms with van der Waals surface area (Å²) in [6, 6.07) is 11.7. The second-order valence-corrected chi connectivity index (χ2v) is 9.41. The summed E-state index contributed by atoms with van der Waals surface area (Å²) in [4.78, 5) is 26.5. The third-order valence-corrected chi connectivity index (χ3v) is 7.22. The van der Waals surface area contributed by atoms with Crippen LogP contribution in [0.15, 0.2) is 47.4 Å². The predicted octanol–water partition coefficient (Wildman–Crippen LogP) is 3.24. The SMILES string of the molecule is CCOc1ccc(CN(C)C(=O)COC(=O)c2cc(S(=O)(=O)N(CC)CC)ccc2C)cc1. The summed E-state index contributed by atoms with van der Waals surface area (Å²) in [5.41, 5.74) is 1.59. The van der Waals surface area contributed by atoms with Crippen molar-refractivity contribution in [2.24, 2.45) is 0 Å². The molecule has 0 aliphatic heterocycles. The number of sulfonamides is 1. The van der Waals surface area contributed by atoms with Crippen molar-refractivity contribution in [3.8, 4) is 5.75 Å². The highest BCUT2D eigenvalue weighted by molar-refractivity contribution is 7.89. The molecule has 0 aromatic heterocycles. The zero-order valence-electron chi connectivity index (χ0n) is 19.8. The lowest BCUT2D eigenvalue weighted by Crippen LogP contribution is -2.31. The van der Waals surface area contributed by atoms with E-state index in [-0.39, 0.29) is 16.4 Å². The third kappa shape index (κ3) is 6.79. The van der Waals surface area contributed by atoms with Crippen molar-refractivity contribution in [3.05, 3.63) is 59.2 Å². The topological polar surface area (TPSA) is 93.2 Å². The maximum absolute atomic E-state index is 12.8. The van der Waals surface area contributed by atoms with Gasteiger partial charge >= 0.3 is 5.97 Å². The largest absolute Gasteiger partial charge is 0.494 e. The summed E-state index contributed by atoms with van der Waals surface area (Å²) < 4.78 is 37.5. The van der Waals surface area contributed by atoms with Gasteiger partial charge in [0.2, 0.25) is 10.0 Å². The van der Waals surface area contributed by atoms with Crippen LogP contribution >= 0.6 is 0 Å². The third-order valence-electron chi connectivity index (χ3n) is 5.18. The smallest absolute Gasteiger partial charge is 0.338 e. The van der Waals surface area contributed by atoms with E-state index in [1.807, 2.05) is 31.2 Å². The fourth-order valence-corrected chi connectivity index (χ4v) is 4.71. The number of rotatable bonds is 11. The van der Waals surface area contributed by atoms with Gasteiger partial charge in [-0.15, -0.1) is 0 Å². The van der Waals surface area contributed by atoms with Crippen molar-refractivity contribution in [3.63, 3.8) is 0 Å². The molecule has 9 heteroatoms. The monoisotopic (exact) mass is 476 g/mol. The molecule has 0 saturated heterocycles. The molecular formula is C24H32N2O6S. The average molecular weight is 477 g/mol. The van der Waals surface area contributed by atoms with Gasteiger partial charge in [0.1, 0.15) is 5.75 Å². The molecule has 0 fully saturated rings. The summed E-state index contributed by atoms with van der Waals surface area (Å²) in [5, 5.41) is 0. The number of aryl methyl sites for hydroxylation is 1. The Kier molecular flexibility index (Phi) is 9.43. The molecule has 0 heterocycles. The van der Waals surface area contributed by atoms with E-state index in [9.17, 15) is 18.0 Å². The number of esters is 1. The normalized spacial score (nSPS) is 11.3. The molecule has 0 aliphatic rings. The Hall–Kier alpha value is -2.91. The first-order valence-corrected chi connectivity index (χ1v) is 12.3. The van der Waals surface area contributed by atoms with Gasteiger partial charge in [-0.3, -0.25) is 4.79 Å². The number of likely N-dealkylation sites (N-methyl/N-ethyl adjacent to an activating group) is 1. The van der Waals surface area contributed by atoms with Crippen LogP contribution in [0.4, 0.5) is 0 Å². The zero-order valence-corrected chi connectivity index (χ0v) is 20.6. The van der Waals surface area contributed by atoms with Gasteiger partial charge in [-0.1, -0.05) is 32.0 Å². The number of hydrogen-bond donors (Lipinski definition) is 0. The number of carbonyl (C=O) groups is 2. The Labute approximate surface area is 196 Å². The highest BCUT2D eigenvalue weighted by atomic mass is 32.2. The van der Waals surface area contributed by atoms with Crippen LogP contribution in [0, 0.1) is 6.92 Å². The zero-order chi connectivity index (χ0) is 24.6. The summed E-state index contributed by atoms with van der Waals surface area (Å²) >= 11 is 0. The Morgan fingerprint density at radius 1 is 0.970 bits per heavy atom. The minimum atomic E-state index is -3.72. The van der Waals surface area contributed by atoms with Gasteiger partial charge in [0.05, 0.1) is 17.1 Å². The first-order valence-electron chi connectivity index (χ1n) is 10.9. The Bertz CT molecular complexity index is 1060. The van der Waals surface area contributed by atoms with E-state index >= 15 is 0 Å². The second-order valence-electron chi connectivity index (χ2n) is 7.47. The second kappa shape index (κ2) is 11.8. The predicted molar refractivity (Wildman–Crippen MR) is 126 cm³/mol. The summed E-state index contributed by atoms with van der Waals surface area (Å²) in [7, 11) is -2.10. The lowest BCUT2D eigenvalue weighted by Gasteiger charge is -2.19. The van der Waals surface area contributed by atoms with Gasteiger partial charge in [0.25, 0.3) is 5.91 Å². The summed E-state index contributed by atoms with van der Waals surface area (Å²) in [5.74, 6) is -0.363. The molecule has 0 N–H and O–H groups in total. The van der Waals surface area contributed by atoms with E-state index in [1.165, 1.54) is 21.3 Å². The number of hydrogen-bond acceptors (Lipinski definition) is 6. The summed E-state index contributed by atoms with van der Waals surface area (Å²) in [6.07, 6.45) is 0. The lowest BCUT2D eigenvalue weighted by molar-refractivity contribution is -0.133. The van der Waals surface area contributed by atoms with Gasteiger partial charge in [0.15, 0.2) is 6.61 Å². The Balaban J connectivity index is 2.04. The van der Waals surface area contributed by atoms with Crippen LogP contribution in [-0.4, -0.2) is 62.9 Å². The molecule has 0 saturated carbocycles. The van der Waals surface area contributed by atoms with E-state index in [4.69, 9.17) is 9.47 Å². The quantitative estimate of drug-likeness (QED) is 0.462. The van der Waals surface area contributed by atoms with Gasteiger partial charge in [-0.05, 0) is 49.2 Å². The number of carbonyl (C=O) groups excluding carboxylic acids is 2. The number of benzene rings is 2. The Morgan fingerprint density at radius 2 is 1.61 bits per heavy atom. The number of amides is 1. The average Bonchev–Trinajstić information content (AvgIpc) is 2.79. The van der Waals surface area contributed by atoms with E-state index in [0.29, 0.717) is 31.8 Å². The van der Waals surface area contributed by atoms with Crippen LogP contribution in [0.2, 0.25) is 0 Å². The Morgan fingerprint density at radius 3 is 2.18 bits per heavy atom. The van der Waals surface area contributed by atoms with Gasteiger partial charge in [-0.25, -0.2) is 13.2 Å². The molecule has 180 valence electrons. The van der Waals surface area contributed by atoms with Crippen molar-refractivity contribution in [1.29, 1.82) is 0 Å². The van der Waals surface area contributed by atoms with Crippen molar-refractivity contribution >= 4 is 21.9 Å². The molecule has 2 aromatic carbocycles. The van der Waals surface area contributed by atoms with E-state index in [1.54, 1.807) is 33.9 Å². The maximum atomic E-state index is 12.8. The molecule has 0 atom stereocenters. The van der Waals surface area contributed by atoms with Crippen LogP contribution in [0.25, 0.3) is 0 Å². The van der Waals surface area contributed by atoms with Gasteiger partial charge in [0, 0.05) is 26.7 Å². The minimum absolute atomic E-state index is 0.0164. The first-order chi connectivity index (χ1) is 15.6. The molecular weight excluding hydrogens is 444 g/mol. The molecule has 0 bridgehead atoms. The van der Waals surface area contributed by atoms with Crippen LogP contribution in [0.5, 0.6) is 5.75 Å². The molecule has 8 nitrogen and oxygen atoms in total. The lowest BCUT2D eigenvalue weighted by atomic mass is 10.1. The standard InChI is InChI=1S/C24H32N2O6S/c1-6-26(7-2)33(29,30)21-14-9-18(4)22(15-21)24(28)32-17-23(27)25(5)16-19-10-12-20(13-11-19)31-8-3/h9-15H,6-8,16-17H2,1-5H3. The van der Waals surface area contributed by atoms with Gasteiger partial charge in [-0.2, -0.15) is 4.31 Å². The van der Waals surface area contributed by atoms with E-state index in [0.717, 1.165) is 11.3 Å². The van der Waals surface area contributed by atoms with Crippen LogP contribution in [0.1, 0.15) is 42.3 Å². The molecule has 0 unspecified atom stereocenters. The summed E-state index contributed by atoms with van der Waals surface area (Å²) in [6.45, 7) is 8.21. The number of ether oxygens (including phenoxy) is 2. The molecule has 2 rings (SSSR count). The highest BCUT2D eigenvalue weighted by Gasteiger charge is 2.24. The van der Waals surface area contributed by atoms with Crippen molar-refractivity contribution < 1.29 is 27.5 Å². The maximum Gasteiger partial charge on any atom is 0.338 e. The fraction of sp³-hybridized carbons (Fsp3) is 0.417. The molecule has 2 aromatic rings. The molecule has 0 spiro atoms. The minimum Gasteiger partial charge on any atom is -0.494 e. The fourth-order valence-electron chi connectivity index (χ4n) is 3.23. The van der Waals surface area contributed by atoms with Gasteiger partial charge < -0.3 is 14.4 Å². The van der Waals surface area contributed by atoms with Crippen LogP contribution in [-0.2, 0) is 26.1 Å². The van der Waals surface area contributed by atoms with Crippen molar-refractivity contribution in [2.75, 3.05) is 33.4 Å². The van der Waals surface area contributed by atoms with Crippen LogP contribution < -0.4 is 4.74 Å².